The lowest BCUT2D eigenvalue weighted by atomic mass is 10.0. The van der Waals surface area contributed by atoms with Crippen LogP contribution in [0.2, 0.25) is 0 Å². The van der Waals surface area contributed by atoms with Crippen LogP contribution in [0.4, 0.5) is 43.5 Å². The van der Waals surface area contributed by atoms with Gasteiger partial charge in [-0.25, -0.2) is 4.98 Å². The highest BCUT2D eigenvalue weighted by Gasteiger charge is 2.33. The largest absolute Gasteiger partial charge is 0.494 e. The molecule has 5 nitrogen and oxygen atoms in total. The summed E-state index contributed by atoms with van der Waals surface area (Å²) in [5.74, 6) is 0.961. The monoisotopic (exact) mass is 526 g/mol. The Morgan fingerprint density at radius 3 is 1.95 bits per heavy atom. The van der Waals surface area contributed by atoms with Crippen molar-refractivity contribution < 1.29 is 31.1 Å². The molecule has 11 heteroatoms. The summed E-state index contributed by atoms with van der Waals surface area (Å²) in [6.07, 6.45) is -3.76. The quantitative estimate of drug-likeness (QED) is 0.325. The van der Waals surface area contributed by atoms with Crippen LogP contribution in [0.5, 0.6) is 5.75 Å². The molecule has 37 heavy (non-hydrogen) atoms. The molecule has 1 aliphatic rings. The zero-order valence-electron chi connectivity index (χ0n) is 20.6. The summed E-state index contributed by atoms with van der Waals surface area (Å²) in [5.41, 5.74) is -0.396. The molecule has 0 radical (unpaired) electrons. The number of hydrogen-bond acceptors (Lipinski definition) is 5. The lowest BCUT2D eigenvalue weighted by Crippen LogP contribution is -2.43. The van der Waals surface area contributed by atoms with E-state index in [9.17, 15) is 26.3 Å². The molecule has 1 saturated heterocycles. The predicted molar refractivity (Wildman–Crippen MR) is 130 cm³/mol. The van der Waals surface area contributed by atoms with Gasteiger partial charge in [0.2, 0.25) is 0 Å². The molecule has 1 aliphatic heterocycles. The van der Waals surface area contributed by atoms with Crippen LogP contribution in [0.1, 0.15) is 37.8 Å². The van der Waals surface area contributed by atoms with Gasteiger partial charge in [-0.15, -0.1) is 0 Å². The zero-order valence-corrected chi connectivity index (χ0v) is 20.6. The Morgan fingerprint density at radius 1 is 0.838 bits per heavy atom. The molecule has 1 aromatic carbocycles. The van der Waals surface area contributed by atoms with Gasteiger partial charge in [-0.1, -0.05) is 13.8 Å². The van der Waals surface area contributed by atoms with Crippen molar-refractivity contribution in [3.05, 3.63) is 72.2 Å². The van der Waals surface area contributed by atoms with Crippen molar-refractivity contribution in [1.82, 2.24) is 9.97 Å². The first-order chi connectivity index (χ1) is 17.6. The fourth-order valence-electron chi connectivity index (χ4n) is 4.18. The van der Waals surface area contributed by atoms with E-state index >= 15 is 0 Å². The minimum absolute atomic E-state index is 0.115. The highest BCUT2D eigenvalue weighted by molar-refractivity contribution is 5.69. The molecule has 200 valence electrons. The number of methoxy groups -OCH3 is 1. The van der Waals surface area contributed by atoms with Crippen LogP contribution in [0.15, 0.2) is 61.1 Å². The number of ether oxygens (including phenoxy) is 1. The van der Waals surface area contributed by atoms with Crippen molar-refractivity contribution >= 4 is 17.2 Å². The molecule has 0 aliphatic carbocycles. The average molecular weight is 527 g/mol. The van der Waals surface area contributed by atoms with E-state index in [-0.39, 0.29) is 6.04 Å². The lowest BCUT2D eigenvalue weighted by Gasteiger charge is -2.40. The second-order valence-electron chi connectivity index (χ2n) is 8.08. The molecule has 0 spiro atoms. The highest BCUT2D eigenvalue weighted by Crippen LogP contribution is 2.39. The number of piperidine rings is 1. The molecule has 0 bridgehead atoms. The van der Waals surface area contributed by atoms with Crippen molar-refractivity contribution in [2.45, 2.75) is 45.1 Å². The molecule has 4 rings (SSSR count). The van der Waals surface area contributed by atoms with Gasteiger partial charge in [0, 0.05) is 43.3 Å². The zero-order chi connectivity index (χ0) is 27.2. The van der Waals surface area contributed by atoms with Crippen molar-refractivity contribution in [2.75, 3.05) is 30.0 Å². The number of pyridine rings is 2. The first-order valence-electron chi connectivity index (χ1n) is 11.8. The van der Waals surface area contributed by atoms with Crippen molar-refractivity contribution in [3.63, 3.8) is 0 Å². The Morgan fingerprint density at radius 2 is 1.43 bits per heavy atom. The van der Waals surface area contributed by atoms with E-state index in [4.69, 9.17) is 4.74 Å². The Labute approximate surface area is 211 Å². The molecule has 0 N–H and O–H groups in total. The van der Waals surface area contributed by atoms with Crippen molar-refractivity contribution in [2.24, 2.45) is 0 Å². The molecular formula is C26H28F6N4O. The molecule has 0 atom stereocenters. The molecule has 1 fully saturated rings. The van der Waals surface area contributed by atoms with Gasteiger partial charge in [0.25, 0.3) is 0 Å². The van der Waals surface area contributed by atoms with Gasteiger partial charge in [-0.2, -0.15) is 26.3 Å². The molecule has 0 unspecified atom stereocenters. The van der Waals surface area contributed by atoms with E-state index in [1.165, 1.54) is 25.3 Å². The standard InChI is InChI=1S/C24H22F6N4O.C2H6/c1-35-21-8-11-31-15-20(21)34(18-5-2-16(3-6-18)23(25,26)27)19-9-12-33(13-10-19)22-7-4-17(14-32-22)24(28,29)30;1-2/h2-8,11,14-15,19H,9-10,12-13H2,1H3;1-2H3. The molecule has 0 amide bonds. The minimum atomic E-state index is -4.45. The Balaban J connectivity index is 0.00000186. The Bertz CT molecular complexity index is 1130. The van der Waals surface area contributed by atoms with Gasteiger partial charge in [-0.05, 0) is 49.2 Å². The second-order valence-corrected chi connectivity index (χ2v) is 8.08. The number of aromatic nitrogens is 2. The molecule has 0 saturated carbocycles. The van der Waals surface area contributed by atoms with Crippen LogP contribution in [-0.2, 0) is 12.4 Å². The van der Waals surface area contributed by atoms with Crippen LogP contribution in [0, 0.1) is 0 Å². The molecule has 2 aromatic heterocycles. The summed E-state index contributed by atoms with van der Waals surface area (Å²) >= 11 is 0. The third-order valence-corrected chi connectivity index (χ3v) is 5.94. The second kappa shape index (κ2) is 11.7. The smallest absolute Gasteiger partial charge is 0.417 e. The Kier molecular flexibility index (Phi) is 8.88. The third-order valence-electron chi connectivity index (χ3n) is 5.94. The van der Waals surface area contributed by atoms with E-state index in [0.717, 1.165) is 24.4 Å². The Hall–Kier alpha value is -3.50. The van der Waals surface area contributed by atoms with E-state index < -0.39 is 23.5 Å². The number of anilines is 3. The topological polar surface area (TPSA) is 41.5 Å². The molecular weight excluding hydrogens is 498 g/mol. The SMILES string of the molecule is CC.COc1ccncc1N(c1ccc(C(F)(F)F)cc1)C1CCN(c2ccc(C(F)(F)F)cn2)CC1. The summed E-state index contributed by atoms with van der Waals surface area (Å²) in [6, 6.07) is 8.81. The fourth-order valence-corrected chi connectivity index (χ4v) is 4.18. The number of benzene rings is 1. The maximum Gasteiger partial charge on any atom is 0.417 e. The maximum atomic E-state index is 13.1. The van der Waals surface area contributed by atoms with Crippen molar-refractivity contribution in [1.29, 1.82) is 0 Å². The number of alkyl halides is 6. The van der Waals surface area contributed by atoms with Gasteiger partial charge >= 0.3 is 12.4 Å². The van der Waals surface area contributed by atoms with Crippen LogP contribution in [0.3, 0.4) is 0 Å². The van der Waals surface area contributed by atoms with E-state index in [2.05, 4.69) is 9.97 Å². The summed E-state index contributed by atoms with van der Waals surface area (Å²) in [6.45, 7) is 5.01. The normalized spacial score (nSPS) is 14.6. The van der Waals surface area contributed by atoms with Crippen LogP contribution in [-0.4, -0.2) is 36.2 Å². The van der Waals surface area contributed by atoms with Crippen molar-refractivity contribution in [3.8, 4) is 5.75 Å². The molecule has 3 heterocycles. The first-order valence-corrected chi connectivity index (χ1v) is 11.8. The third kappa shape index (κ3) is 6.64. The number of rotatable bonds is 5. The number of hydrogen-bond donors (Lipinski definition) is 0. The lowest BCUT2D eigenvalue weighted by molar-refractivity contribution is -0.138. The van der Waals surface area contributed by atoms with E-state index in [1.54, 1.807) is 18.5 Å². The first kappa shape index (κ1) is 28.1. The van der Waals surface area contributed by atoms with Gasteiger partial charge in [0.15, 0.2) is 0 Å². The van der Waals surface area contributed by atoms with Gasteiger partial charge in [0.1, 0.15) is 17.3 Å². The fraction of sp³-hybridized carbons (Fsp3) is 0.385. The van der Waals surface area contributed by atoms with Crippen LogP contribution < -0.4 is 14.5 Å². The number of halogens is 6. The number of nitrogens with zero attached hydrogens (tertiary/aromatic N) is 4. The summed E-state index contributed by atoms with van der Waals surface area (Å²) < 4.78 is 83.3. The molecule has 3 aromatic rings. The van der Waals surface area contributed by atoms with Gasteiger partial charge in [-0.3, -0.25) is 4.98 Å². The maximum absolute atomic E-state index is 13.1. The summed E-state index contributed by atoms with van der Waals surface area (Å²) in [7, 11) is 1.50. The average Bonchev–Trinajstić information content (AvgIpc) is 2.90. The predicted octanol–water partition coefficient (Wildman–Crippen LogP) is 7.36. The van der Waals surface area contributed by atoms with Gasteiger partial charge < -0.3 is 14.5 Å². The minimum Gasteiger partial charge on any atom is -0.494 e. The summed E-state index contributed by atoms with van der Waals surface area (Å²) in [4.78, 5) is 11.9. The summed E-state index contributed by atoms with van der Waals surface area (Å²) in [5, 5.41) is 0. The van der Waals surface area contributed by atoms with E-state index in [1.807, 2.05) is 23.6 Å². The van der Waals surface area contributed by atoms with Crippen LogP contribution in [0.25, 0.3) is 0 Å². The highest BCUT2D eigenvalue weighted by atomic mass is 19.4. The van der Waals surface area contributed by atoms with E-state index in [0.29, 0.717) is 48.9 Å². The van der Waals surface area contributed by atoms with Gasteiger partial charge in [0.05, 0.1) is 24.4 Å². The van der Waals surface area contributed by atoms with Crippen LogP contribution >= 0.6 is 0 Å².